The fraction of sp³-hybridized carbons (Fsp3) is 0.611. The van der Waals surface area contributed by atoms with Crippen LogP contribution < -0.4 is 10.6 Å². The van der Waals surface area contributed by atoms with E-state index in [4.69, 9.17) is 0 Å². The summed E-state index contributed by atoms with van der Waals surface area (Å²) in [6, 6.07) is 10.5. The lowest BCUT2D eigenvalue weighted by Crippen LogP contribution is -2.41. The average molecular weight is 286 g/mol. The van der Waals surface area contributed by atoms with Gasteiger partial charge in [-0.2, -0.15) is 0 Å². The second kappa shape index (κ2) is 6.97. The quantitative estimate of drug-likeness (QED) is 0.843. The Hall–Kier alpha value is -1.51. The van der Waals surface area contributed by atoms with E-state index in [0.717, 1.165) is 6.54 Å². The number of hydrogen-bond acceptors (Lipinski definition) is 1. The molecule has 1 aromatic carbocycles. The molecule has 1 aromatic rings. The highest BCUT2D eigenvalue weighted by Gasteiger charge is 2.33. The maximum absolute atomic E-state index is 12.2. The van der Waals surface area contributed by atoms with Gasteiger partial charge in [0.2, 0.25) is 0 Å². The zero-order valence-electron chi connectivity index (χ0n) is 12.7. The molecule has 3 heteroatoms. The van der Waals surface area contributed by atoms with E-state index in [0.29, 0.717) is 11.8 Å². The molecule has 2 saturated carbocycles. The predicted molar refractivity (Wildman–Crippen MR) is 85.0 cm³/mol. The molecule has 2 amide bonds. The molecule has 1 unspecified atom stereocenters. The molecule has 0 heterocycles. The lowest BCUT2D eigenvalue weighted by molar-refractivity contribution is 0.231. The van der Waals surface area contributed by atoms with E-state index in [-0.39, 0.29) is 12.1 Å². The molecule has 3 rings (SSSR count). The molecular weight excluding hydrogens is 260 g/mol. The summed E-state index contributed by atoms with van der Waals surface area (Å²) in [6.07, 6.45) is 8.99. The van der Waals surface area contributed by atoms with Crippen LogP contribution in [0.2, 0.25) is 0 Å². The Morgan fingerprint density at radius 1 is 1.05 bits per heavy atom. The Labute approximate surface area is 127 Å². The standard InChI is InChI=1S/C18H26N2O/c21-18(19-13-14-7-3-1-4-8-14)20-17(16-11-12-16)15-9-5-2-6-10-15/h2,5-6,9-10,14,16-17H,1,3-4,7-8,11-13H2,(H2,19,20,21). The summed E-state index contributed by atoms with van der Waals surface area (Å²) in [5.41, 5.74) is 1.23. The van der Waals surface area contributed by atoms with E-state index in [9.17, 15) is 4.79 Å². The summed E-state index contributed by atoms with van der Waals surface area (Å²) < 4.78 is 0. The molecule has 0 bridgehead atoms. The van der Waals surface area contributed by atoms with Gasteiger partial charge in [0.15, 0.2) is 0 Å². The average Bonchev–Trinajstić information content (AvgIpc) is 3.37. The molecule has 2 N–H and O–H groups in total. The van der Waals surface area contributed by atoms with Crippen LogP contribution in [0.4, 0.5) is 4.79 Å². The van der Waals surface area contributed by atoms with Gasteiger partial charge in [-0.15, -0.1) is 0 Å². The van der Waals surface area contributed by atoms with E-state index < -0.39 is 0 Å². The Bertz CT molecular complexity index is 450. The number of urea groups is 1. The molecule has 114 valence electrons. The summed E-state index contributed by atoms with van der Waals surface area (Å²) in [5.74, 6) is 1.30. The molecule has 0 aliphatic heterocycles. The van der Waals surface area contributed by atoms with Crippen LogP contribution in [0.3, 0.4) is 0 Å². The highest BCUT2D eigenvalue weighted by Crippen LogP contribution is 2.40. The highest BCUT2D eigenvalue weighted by atomic mass is 16.2. The maximum atomic E-state index is 12.2. The van der Waals surface area contributed by atoms with Crippen LogP contribution in [0.1, 0.15) is 56.6 Å². The van der Waals surface area contributed by atoms with Gasteiger partial charge in [-0.05, 0) is 43.1 Å². The van der Waals surface area contributed by atoms with E-state index in [1.54, 1.807) is 0 Å². The van der Waals surface area contributed by atoms with Gasteiger partial charge in [0, 0.05) is 6.54 Å². The number of rotatable bonds is 5. The molecule has 2 aliphatic rings. The fourth-order valence-corrected chi connectivity index (χ4v) is 3.38. The van der Waals surface area contributed by atoms with Gasteiger partial charge in [-0.3, -0.25) is 0 Å². The molecular formula is C18H26N2O. The Kier molecular flexibility index (Phi) is 4.79. The summed E-state index contributed by atoms with van der Waals surface area (Å²) >= 11 is 0. The monoisotopic (exact) mass is 286 g/mol. The zero-order chi connectivity index (χ0) is 14.5. The minimum absolute atomic E-state index is 0.00123. The number of carbonyl (C=O) groups is 1. The zero-order valence-corrected chi connectivity index (χ0v) is 12.7. The fourth-order valence-electron chi connectivity index (χ4n) is 3.38. The molecule has 1 atom stereocenters. The third-order valence-electron chi connectivity index (χ3n) is 4.81. The van der Waals surface area contributed by atoms with Gasteiger partial charge in [-0.1, -0.05) is 49.6 Å². The largest absolute Gasteiger partial charge is 0.338 e. The molecule has 3 nitrogen and oxygen atoms in total. The van der Waals surface area contributed by atoms with Crippen molar-refractivity contribution >= 4 is 6.03 Å². The summed E-state index contributed by atoms with van der Waals surface area (Å²) in [7, 11) is 0. The molecule has 21 heavy (non-hydrogen) atoms. The van der Waals surface area contributed by atoms with Crippen molar-refractivity contribution in [2.75, 3.05) is 6.54 Å². The smallest absolute Gasteiger partial charge is 0.315 e. The predicted octanol–water partition coefficient (Wildman–Crippen LogP) is 4.02. The van der Waals surface area contributed by atoms with Crippen LogP contribution in [0, 0.1) is 11.8 Å². The molecule has 0 saturated heterocycles. The Balaban J connectivity index is 1.50. The molecule has 2 fully saturated rings. The van der Waals surface area contributed by atoms with Crippen LogP contribution in [-0.4, -0.2) is 12.6 Å². The number of nitrogens with one attached hydrogen (secondary N) is 2. The van der Waals surface area contributed by atoms with Crippen molar-refractivity contribution in [1.29, 1.82) is 0 Å². The van der Waals surface area contributed by atoms with E-state index in [2.05, 4.69) is 22.8 Å². The van der Waals surface area contributed by atoms with Gasteiger partial charge < -0.3 is 10.6 Å². The van der Waals surface area contributed by atoms with Crippen molar-refractivity contribution in [2.45, 2.75) is 51.0 Å². The van der Waals surface area contributed by atoms with Crippen molar-refractivity contribution in [3.63, 3.8) is 0 Å². The third-order valence-corrected chi connectivity index (χ3v) is 4.81. The van der Waals surface area contributed by atoms with E-state index >= 15 is 0 Å². The third kappa shape index (κ3) is 4.23. The maximum Gasteiger partial charge on any atom is 0.315 e. The van der Waals surface area contributed by atoms with Crippen LogP contribution in [0.15, 0.2) is 30.3 Å². The van der Waals surface area contributed by atoms with Crippen LogP contribution in [0.25, 0.3) is 0 Å². The van der Waals surface area contributed by atoms with E-state index in [1.165, 1.54) is 50.5 Å². The first-order chi connectivity index (χ1) is 10.3. The number of amides is 2. The summed E-state index contributed by atoms with van der Waals surface area (Å²) in [5, 5.41) is 6.27. The van der Waals surface area contributed by atoms with Gasteiger partial charge in [0.25, 0.3) is 0 Å². The lowest BCUT2D eigenvalue weighted by atomic mass is 9.89. The van der Waals surface area contributed by atoms with Crippen molar-refractivity contribution in [2.24, 2.45) is 11.8 Å². The topological polar surface area (TPSA) is 41.1 Å². The minimum atomic E-state index is 0.00123. The van der Waals surface area contributed by atoms with Gasteiger partial charge in [-0.25, -0.2) is 4.79 Å². The number of hydrogen-bond donors (Lipinski definition) is 2. The first-order valence-electron chi connectivity index (χ1n) is 8.42. The molecule has 0 aromatic heterocycles. The van der Waals surface area contributed by atoms with Gasteiger partial charge >= 0.3 is 6.03 Å². The first-order valence-corrected chi connectivity index (χ1v) is 8.42. The van der Waals surface area contributed by atoms with Gasteiger partial charge in [0.05, 0.1) is 6.04 Å². The Morgan fingerprint density at radius 2 is 1.76 bits per heavy atom. The molecule has 0 spiro atoms. The first kappa shape index (κ1) is 14.4. The van der Waals surface area contributed by atoms with Crippen molar-refractivity contribution in [3.8, 4) is 0 Å². The normalized spacial score (nSPS) is 20.8. The second-order valence-corrected chi connectivity index (χ2v) is 6.58. The van der Waals surface area contributed by atoms with Crippen LogP contribution in [-0.2, 0) is 0 Å². The number of carbonyl (C=O) groups excluding carboxylic acids is 1. The SMILES string of the molecule is O=C(NCC1CCCCC1)NC(c1ccccc1)C1CC1. The van der Waals surface area contributed by atoms with Crippen LogP contribution in [0.5, 0.6) is 0 Å². The van der Waals surface area contributed by atoms with E-state index in [1.807, 2.05) is 18.2 Å². The minimum Gasteiger partial charge on any atom is -0.338 e. The summed E-state index contributed by atoms with van der Waals surface area (Å²) in [6.45, 7) is 0.831. The van der Waals surface area contributed by atoms with Crippen molar-refractivity contribution in [1.82, 2.24) is 10.6 Å². The molecule has 0 radical (unpaired) electrons. The van der Waals surface area contributed by atoms with Gasteiger partial charge in [0.1, 0.15) is 0 Å². The van der Waals surface area contributed by atoms with Crippen molar-refractivity contribution < 1.29 is 4.79 Å². The number of benzene rings is 1. The molecule has 2 aliphatic carbocycles. The second-order valence-electron chi connectivity index (χ2n) is 6.58. The summed E-state index contributed by atoms with van der Waals surface area (Å²) in [4.78, 5) is 12.2. The highest BCUT2D eigenvalue weighted by molar-refractivity contribution is 5.74. The van der Waals surface area contributed by atoms with Crippen LogP contribution >= 0.6 is 0 Å². The Morgan fingerprint density at radius 3 is 2.43 bits per heavy atom. The van der Waals surface area contributed by atoms with Crippen molar-refractivity contribution in [3.05, 3.63) is 35.9 Å². The lowest BCUT2D eigenvalue weighted by Gasteiger charge is -2.23.